The van der Waals surface area contributed by atoms with E-state index in [1.165, 1.54) is 31.2 Å². The lowest BCUT2D eigenvalue weighted by molar-refractivity contribution is 0.726. The first-order chi connectivity index (χ1) is 10.3. The van der Waals surface area contributed by atoms with E-state index in [1.54, 1.807) is 0 Å². The molecule has 1 aliphatic heterocycles. The first-order valence-corrected chi connectivity index (χ1v) is 8.62. The first kappa shape index (κ1) is 16.1. The van der Waals surface area contributed by atoms with Crippen LogP contribution >= 0.6 is 0 Å². The summed E-state index contributed by atoms with van der Waals surface area (Å²) in [5.74, 6) is 3.18. The molecule has 118 valence electrons. The first-order valence-electron chi connectivity index (χ1n) is 8.62. The van der Waals surface area contributed by atoms with Gasteiger partial charge in [0.2, 0.25) is 0 Å². The summed E-state index contributed by atoms with van der Waals surface area (Å²) < 4.78 is 0. The Labute approximate surface area is 129 Å². The minimum atomic E-state index is 0.960. The van der Waals surface area contributed by atoms with Crippen LogP contribution in [0.1, 0.15) is 63.8 Å². The molecule has 1 aromatic rings. The Bertz CT molecular complexity index is 437. The van der Waals surface area contributed by atoms with E-state index in [9.17, 15) is 0 Å². The maximum atomic E-state index is 4.87. The van der Waals surface area contributed by atoms with Crippen LogP contribution in [0, 0.1) is 6.92 Å². The van der Waals surface area contributed by atoms with Crippen molar-refractivity contribution in [2.45, 2.75) is 65.7 Å². The standard InChI is InChI=1S/C17H30N4/c1-4-10-15-19-16(18-11-5-2)14(3)17(20-15)21-12-8-6-7-9-13-21/h4-13H2,1-3H3,(H,18,19,20). The van der Waals surface area contributed by atoms with Crippen LogP contribution in [0.4, 0.5) is 11.6 Å². The van der Waals surface area contributed by atoms with Gasteiger partial charge in [0.1, 0.15) is 17.5 Å². The maximum absolute atomic E-state index is 4.87. The summed E-state index contributed by atoms with van der Waals surface area (Å²) >= 11 is 0. The average Bonchev–Trinajstić information content (AvgIpc) is 2.76. The van der Waals surface area contributed by atoms with Gasteiger partial charge >= 0.3 is 0 Å². The van der Waals surface area contributed by atoms with E-state index in [0.717, 1.165) is 56.4 Å². The van der Waals surface area contributed by atoms with Crippen LogP contribution in [-0.4, -0.2) is 29.6 Å². The van der Waals surface area contributed by atoms with Gasteiger partial charge in [-0.1, -0.05) is 26.7 Å². The van der Waals surface area contributed by atoms with E-state index < -0.39 is 0 Å². The highest BCUT2D eigenvalue weighted by atomic mass is 15.2. The summed E-state index contributed by atoms with van der Waals surface area (Å²) in [6, 6.07) is 0. The third kappa shape index (κ3) is 4.32. The number of aryl methyl sites for hydroxylation is 1. The topological polar surface area (TPSA) is 41.1 Å². The molecule has 0 unspecified atom stereocenters. The minimum Gasteiger partial charge on any atom is -0.370 e. The Hall–Kier alpha value is -1.32. The molecule has 1 saturated heterocycles. The van der Waals surface area contributed by atoms with E-state index in [2.05, 4.69) is 31.0 Å². The van der Waals surface area contributed by atoms with E-state index in [0.29, 0.717) is 0 Å². The summed E-state index contributed by atoms with van der Waals surface area (Å²) in [5, 5.41) is 3.48. The number of hydrogen-bond donors (Lipinski definition) is 1. The average molecular weight is 290 g/mol. The van der Waals surface area contributed by atoms with Crippen molar-refractivity contribution in [1.82, 2.24) is 9.97 Å². The molecule has 4 nitrogen and oxygen atoms in total. The zero-order valence-corrected chi connectivity index (χ0v) is 13.9. The van der Waals surface area contributed by atoms with Crippen LogP contribution in [0.15, 0.2) is 0 Å². The van der Waals surface area contributed by atoms with Crippen molar-refractivity contribution in [3.05, 3.63) is 11.4 Å². The van der Waals surface area contributed by atoms with Gasteiger partial charge in [0.25, 0.3) is 0 Å². The molecule has 1 fully saturated rings. The number of hydrogen-bond acceptors (Lipinski definition) is 4. The summed E-state index contributed by atoms with van der Waals surface area (Å²) in [4.78, 5) is 12.1. The second kappa shape index (κ2) is 8.20. The fourth-order valence-corrected chi connectivity index (χ4v) is 2.89. The van der Waals surface area contributed by atoms with E-state index in [1.807, 2.05) is 0 Å². The fourth-order valence-electron chi connectivity index (χ4n) is 2.89. The summed E-state index contributed by atoms with van der Waals surface area (Å²) in [5.41, 5.74) is 1.21. The molecular weight excluding hydrogens is 260 g/mol. The number of rotatable bonds is 6. The predicted octanol–water partition coefficient (Wildman–Crippen LogP) is 3.94. The Morgan fingerprint density at radius 3 is 2.33 bits per heavy atom. The molecule has 2 heterocycles. The predicted molar refractivity (Wildman–Crippen MR) is 90.2 cm³/mol. The molecule has 0 aliphatic carbocycles. The number of nitrogens with one attached hydrogen (secondary N) is 1. The molecule has 0 radical (unpaired) electrons. The monoisotopic (exact) mass is 290 g/mol. The smallest absolute Gasteiger partial charge is 0.137 e. The lowest BCUT2D eigenvalue weighted by atomic mass is 10.2. The second-order valence-electron chi connectivity index (χ2n) is 6.02. The van der Waals surface area contributed by atoms with Gasteiger partial charge in [-0.2, -0.15) is 0 Å². The van der Waals surface area contributed by atoms with Crippen LogP contribution in [0.25, 0.3) is 0 Å². The van der Waals surface area contributed by atoms with Crippen LogP contribution in [0.3, 0.4) is 0 Å². The molecule has 0 bridgehead atoms. The molecule has 0 atom stereocenters. The quantitative estimate of drug-likeness (QED) is 0.861. The fraction of sp³-hybridized carbons (Fsp3) is 0.765. The maximum Gasteiger partial charge on any atom is 0.137 e. The largest absolute Gasteiger partial charge is 0.370 e. The lowest BCUT2D eigenvalue weighted by Gasteiger charge is -2.25. The molecule has 1 aromatic heterocycles. The van der Waals surface area contributed by atoms with Crippen LogP contribution in [-0.2, 0) is 6.42 Å². The van der Waals surface area contributed by atoms with Gasteiger partial charge in [0.15, 0.2) is 0 Å². The van der Waals surface area contributed by atoms with Gasteiger partial charge in [-0.25, -0.2) is 9.97 Å². The molecule has 0 aromatic carbocycles. The molecular formula is C17H30N4. The van der Waals surface area contributed by atoms with Gasteiger partial charge in [-0.3, -0.25) is 0 Å². The van der Waals surface area contributed by atoms with Crippen LogP contribution < -0.4 is 10.2 Å². The van der Waals surface area contributed by atoms with E-state index >= 15 is 0 Å². The molecule has 21 heavy (non-hydrogen) atoms. The Kier molecular flexibility index (Phi) is 6.27. The zero-order valence-electron chi connectivity index (χ0n) is 13.9. The highest BCUT2D eigenvalue weighted by Gasteiger charge is 2.17. The van der Waals surface area contributed by atoms with Crippen molar-refractivity contribution in [3.63, 3.8) is 0 Å². The number of nitrogens with zero attached hydrogens (tertiary/aromatic N) is 3. The van der Waals surface area contributed by atoms with Gasteiger partial charge in [-0.05, 0) is 32.6 Å². The van der Waals surface area contributed by atoms with Crippen LogP contribution in [0.2, 0.25) is 0 Å². The van der Waals surface area contributed by atoms with Crippen molar-refractivity contribution in [3.8, 4) is 0 Å². The van der Waals surface area contributed by atoms with Crippen molar-refractivity contribution in [2.24, 2.45) is 0 Å². The Balaban J connectivity index is 2.29. The van der Waals surface area contributed by atoms with Gasteiger partial charge in [-0.15, -0.1) is 0 Å². The summed E-state index contributed by atoms with van der Waals surface area (Å²) in [6.45, 7) is 9.78. The molecule has 4 heteroatoms. The van der Waals surface area contributed by atoms with E-state index in [-0.39, 0.29) is 0 Å². The third-order valence-electron chi connectivity index (χ3n) is 4.09. The molecule has 0 amide bonds. The summed E-state index contributed by atoms with van der Waals surface area (Å²) in [6.07, 6.45) is 8.44. The van der Waals surface area contributed by atoms with Crippen molar-refractivity contribution >= 4 is 11.6 Å². The van der Waals surface area contributed by atoms with Gasteiger partial charge < -0.3 is 10.2 Å². The lowest BCUT2D eigenvalue weighted by Crippen LogP contribution is -2.27. The molecule has 2 rings (SSSR count). The normalized spacial score (nSPS) is 15.9. The molecule has 1 N–H and O–H groups in total. The second-order valence-corrected chi connectivity index (χ2v) is 6.02. The zero-order chi connectivity index (χ0) is 15.1. The Morgan fingerprint density at radius 1 is 1.00 bits per heavy atom. The number of aromatic nitrogens is 2. The summed E-state index contributed by atoms with van der Waals surface area (Å²) in [7, 11) is 0. The molecule has 1 aliphatic rings. The van der Waals surface area contributed by atoms with Crippen molar-refractivity contribution in [2.75, 3.05) is 29.9 Å². The van der Waals surface area contributed by atoms with Gasteiger partial charge in [0.05, 0.1) is 0 Å². The molecule has 0 spiro atoms. The minimum absolute atomic E-state index is 0.960. The highest BCUT2D eigenvalue weighted by Crippen LogP contribution is 2.26. The van der Waals surface area contributed by atoms with Crippen molar-refractivity contribution < 1.29 is 0 Å². The third-order valence-corrected chi connectivity index (χ3v) is 4.09. The van der Waals surface area contributed by atoms with Gasteiger partial charge in [0, 0.05) is 31.6 Å². The SMILES string of the molecule is CCCNc1nc(CCC)nc(N2CCCCCC2)c1C. The molecule has 0 saturated carbocycles. The van der Waals surface area contributed by atoms with Crippen molar-refractivity contribution in [1.29, 1.82) is 0 Å². The van der Waals surface area contributed by atoms with Crippen LogP contribution in [0.5, 0.6) is 0 Å². The van der Waals surface area contributed by atoms with E-state index in [4.69, 9.17) is 9.97 Å². The Morgan fingerprint density at radius 2 is 1.71 bits per heavy atom. The highest BCUT2D eigenvalue weighted by molar-refractivity contribution is 5.58. The number of anilines is 2.